The van der Waals surface area contributed by atoms with Gasteiger partial charge in [-0.3, -0.25) is 4.79 Å². The van der Waals surface area contributed by atoms with E-state index in [9.17, 15) is 15.0 Å². The molecular formula is C20H22O3. The van der Waals surface area contributed by atoms with Crippen LogP contribution in [0.1, 0.15) is 43.6 Å². The van der Waals surface area contributed by atoms with Gasteiger partial charge in [-0.1, -0.05) is 73.9 Å². The number of carbonyl (C=O) groups is 1. The molecule has 2 N–H and O–H groups in total. The van der Waals surface area contributed by atoms with Crippen LogP contribution in [0.5, 0.6) is 0 Å². The molecule has 0 spiro atoms. The highest BCUT2D eigenvalue weighted by molar-refractivity contribution is 5.78. The van der Waals surface area contributed by atoms with Crippen LogP contribution in [0, 0.1) is 0 Å². The molecule has 3 nitrogen and oxygen atoms in total. The average molecular weight is 310 g/mol. The van der Waals surface area contributed by atoms with Crippen molar-refractivity contribution in [1.82, 2.24) is 0 Å². The second-order valence-corrected chi connectivity index (χ2v) is 6.42. The number of hydrogen-bond acceptors (Lipinski definition) is 2. The number of hydrogen-bond donors (Lipinski definition) is 2. The van der Waals surface area contributed by atoms with Gasteiger partial charge in [0.25, 0.3) is 0 Å². The average Bonchev–Trinajstić information content (AvgIpc) is 2.56. The van der Waals surface area contributed by atoms with Crippen LogP contribution in [0.4, 0.5) is 0 Å². The maximum absolute atomic E-state index is 11.8. The van der Waals surface area contributed by atoms with E-state index in [1.807, 2.05) is 54.6 Å². The van der Waals surface area contributed by atoms with Gasteiger partial charge in [0.05, 0.1) is 5.60 Å². The Balaban J connectivity index is 1.90. The standard InChI is InChI=1S/C20H22O3/c21-19(22)18(20(23)13-5-2-6-14-20)17-11-9-16(10-12-17)15-7-3-1-4-8-15/h1,3-4,7-12,18,23H,2,5-6,13-14H2,(H,21,22)/t18-/m1/s1. The summed E-state index contributed by atoms with van der Waals surface area (Å²) in [6.45, 7) is 0. The minimum Gasteiger partial charge on any atom is -0.481 e. The van der Waals surface area contributed by atoms with Gasteiger partial charge in [0.15, 0.2) is 0 Å². The molecule has 1 fully saturated rings. The van der Waals surface area contributed by atoms with Crippen LogP contribution < -0.4 is 0 Å². The predicted octanol–water partition coefficient (Wildman–Crippen LogP) is 4.22. The quantitative estimate of drug-likeness (QED) is 0.889. The highest BCUT2D eigenvalue weighted by Crippen LogP contribution is 2.40. The molecule has 0 bridgehead atoms. The zero-order chi connectivity index (χ0) is 16.3. The monoisotopic (exact) mass is 310 g/mol. The van der Waals surface area contributed by atoms with Crippen LogP contribution in [0.3, 0.4) is 0 Å². The van der Waals surface area contributed by atoms with Gasteiger partial charge in [-0.15, -0.1) is 0 Å². The van der Waals surface area contributed by atoms with Crippen LogP contribution >= 0.6 is 0 Å². The van der Waals surface area contributed by atoms with Crippen molar-refractivity contribution in [2.24, 2.45) is 0 Å². The lowest BCUT2D eigenvalue weighted by molar-refractivity contribution is -0.147. The van der Waals surface area contributed by atoms with E-state index in [2.05, 4.69) is 0 Å². The van der Waals surface area contributed by atoms with E-state index in [1.54, 1.807) is 0 Å². The third-order valence-electron chi connectivity index (χ3n) is 4.85. The first-order valence-electron chi connectivity index (χ1n) is 8.21. The molecule has 23 heavy (non-hydrogen) atoms. The Morgan fingerprint density at radius 2 is 1.43 bits per heavy atom. The van der Waals surface area contributed by atoms with Gasteiger partial charge in [0, 0.05) is 0 Å². The summed E-state index contributed by atoms with van der Waals surface area (Å²) in [4.78, 5) is 11.8. The van der Waals surface area contributed by atoms with Crippen molar-refractivity contribution in [3.63, 3.8) is 0 Å². The molecule has 0 saturated heterocycles. The van der Waals surface area contributed by atoms with Gasteiger partial charge in [-0.25, -0.2) is 0 Å². The first-order chi connectivity index (χ1) is 11.1. The molecule has 2 aromatic rings. The molecule has 3 rings (SSSR count). The lowest BCUT2D eigenvalue weighted by Gasteiger charge is -2.37. The van der Waals surface area contributed by atoms with Crippen LogP contribution in [0.25, 0.3) is 11.1 Å². The third-order valence-corrected chi connectivity index (χ3v) is 4.85. The maximum Gasteiger partial charge on any atom is 0.313 e. The van der Waals surface area contributed by atoms with Crippen LogP contribution in [-0.2, 0) is 4.79 Å². The predicted molar refractivity (Wildman–Crippen MR) is 90.3 cm³/mol. The highest BCUT2D eigenvalue weighted by Gasteiger charge is 2.43. The van der Waals surface area contributed by atoms with Crippen molar-refractivity contribution in [2.45, 2.75) is 43.6 Å². The van der Waals surface area contributed by atoms with E-state index < -0.39 is 17.5 Å². The SMILES string of the molecule is O=C(O)[C@@H](c1ccc(-c2ccccc2)cc1)C1(O)CCCCC1. The summed E-state index contributed by atoms with van der Waals surface area (Å²) in [7, 11) is 0. The molecule has 0 unspecified atom stereocenters. The molecule has 0 aromatic heterocycles. The smallest absolute Gasteiger partial charge is 0.313 e. The van der Waals surface area contributed by atoms with E-state index in [0.717, 1.165) is 30.4 Å². The minimum atomic E-state index is -1.13. The Labute approximate surface area is 136 Å². The number of aliphatic carboxylic acids is 1. The largest absolute Gasteiger partial charge is 0.481 e. The minimum absolute atomic E-state index is 0.560. The summed E-state index contributed by atoms with van der Waals surface area (Å²) in [5, 5.41) is 20.5. The van der Waals surface area contributed by atoms with Crippen molar-refractivity contribution >= 4 is 5.97 Å². The molecule has 2 aromatic carbocycles. The van der Waals surface area contributed by atoms with Crippen LogP contribution in [-0.4, -0.2) is 21.8 Å². The van der Waals surface area contributed by atoms with E-state index in [1.165, 1.54) is 0 Å². The summed E-state index contributed by atoms with van der Waals surface area (Å²) in [5.74, 6) is -1.80. The maximum atomic E-state index is 11.8. The number of carboxylic acids is 1. The van der Waals surface area contributed by atoms with Crippen molar-refractivity contribution in [2.75, 3.05) is 0 Å². The molecule has 0 amide bonds. The van der Waals surface area contributed by atoms with Crippen molar-refractivity contribution in [3.05, 3.63) is 60.2 Å². The van der Waals surface area contributed by atoms with Gasteiger partial charge < -0.3 is 10.2 Å². The zero-order valence-corrected chi connectivity index (χ0v) is 13.1. The Morgan fingerprint density at radius 1 is 0.870 bits per heavy atom. The molecule has 3 heteroatoms. The fraction of sp³-hybridized carbons (Fsp3) is 0.350. The summed E-state index contributed by atoms with van der Waals surface area (Å²) in [6.07, 6.45) is 3.97. The summed E-state index contributed by atoms with van der Waals surface area (Å²) < 4.78 is 0. The van der Waals surface area contributed by atoms with Gasteiger partial charge in [-0.2, -0.15) is 0 Å². The van der Waals surface area contributed by atoms with Crippen molar-refractivity contribution < 1.29 is 15.0 Å². The molecular weight excluding hydrogens is 288 g/mol. The molecule has 1 saturated carbocycles. The number of aliphatic hydroxyl groups is 1. The number of rotatable bonds is 4. The summed E-state index contributed by atoms with van der Waals surface area (Å²) in [5.41, 5.74) is 1.70. The highest BCUT2D eigenvalue weighted by atomic mass is 16.4. The van der Waals surface area contributed by atoms with E-state index in [0.29, 0.717) is 18.4 Å². The van der Waals surface area contributed by atoms with E-state index in [-0.39, 0.29) is 0 Å². The zero-order valence-electron chi connectivity index (χ0n) is 13.1. The molecule has 1 aliphatic carbocycles. The van der Waals surface area contributed by atoms with Crippen molar-refractivity contribution in [1.29, 1.82) is 0 Å². The van der Waals surface area contributed by atoms with E-state index >= 15 is 0 Å². The number of carboxylic acid groups (broad SMARTS) is 1. The van der Waals surface area contributed by atoms with Crippen LogP contribution in [0.15, 0.2) is 54.6 Å². The lowest BCUT2D eigenvalue weighted by Crippen LogP contribution is -2.42. The fourth-order valence-electron chi connectivity index (χ4n) is 3.63. The van der Waals surface area contributed by atoms with E-state index in [4.69, 9.17) is 0 Å². The van der Waals surface area contributed by atoms with Gasteiger partial charge in [-0.05, 0) is 29.5 Å². The topological polar surface area (TPSA) is 57.5 Å². The van der Waals surface area contributed by atoms with Crippen LogP contribution in [0.2, 0.25) is 0 Å². The third kappa shape index (κ3) is 3.30. The van der Waals surface area contributed by atoms with Gasteiger partial charge >= 0.3 is 5.97 Å². The summed E-state index contributed by atoms with van der Waals surface area (Å²) >= 11 is 0. The Bertz CT molecular complexity index is 655. The lowest BCUT2D eigenvalue weighted by atomic mass is 9.72. The summed E-state index contributed by atoms with van der Waals surface area (Å²) in [6, 6.07) is 17.5. The molecule has 0 radical (unpaired) electrons. The fourth-order valence-corrected chi connectivity index (χ4v) is 3.63. The second kappa shape index (κ2) is 6.55. The molecule has 0 aliphatic heterocycles. The Morgan fingerprint density at radius 3 is 2.00 bits per heavy atom. The number of benzene rings is 2. The molecule has 0 heterocycles. The normalized spacial score (nSPS) is 18.3. The van der Waals surface area contributed by atoms with Crippen molar-refractivity contribution in [3.8, 4) is 11.1 Å². The molecule has 120 valence electrons. The Hall–Kier alpha value is -2.13. The Kier molecular flexibility index (Phi) is 4.49. The first-order valence-corrected chi connectivity index (χ1v) is 8.21. The van der Waals surface area contributed by atoms with Gasteiger partial charge in [0.2, 0.25) is 0 Å². The van der Waals surface area contributed by atoms with Gasteiger partial charge in [0.1, 0.15) is 5.92 Å². The molecule has 1 atom stereocenters. The first kappa shape index (κ1) is 15.8. The molecule has 1 aliphatic rings. The second-order valence-electron chi connectivity index (χ2n) is 6.42.